The number of carbonyl (C=O) groups is 3. The zero-order valence-corrected chi connectivity index (χ0v) is 25.8. The number of ether oxygens (including phenoxy) is 4. The summed E-state index contributed by atoms with van der Waals surface area (Å²) in [5.74, 6) is -0.317. The number of hydrogen-bond donors (Lipinski definition) is 0. The Kier molecular flexibility index (Phi) is 10.2. The molecule has 10 heteroatoms. The molecule has 3 amide bonds. The van der Waals surface area contributed by atoms with Crippen LogP contribution in [-0.2, 0) is 27.2 Å². The van der Waals surface area contributed by atoms with E-state index in [0.717, 1.165) is 5.56 Å². The highest BCUT2D eigenvalue weighted by Gasteiger charge is 2.42. The molecule has 3 aromatic carbocycles. The van der Waals surface area contributed by atoms with Crippen molar-refractivity contribution in [2.45, 2.75) is 51.3 Å². The molecular weight excluding hydrogens is 572 g/mol. The third-order valence-electron chi connectivity index (χ3n) is 6.99. The van der Waals surface area contributed by atoms with Crippen molar-refractivity contribution in [3.05, 3.63) is 94.5 Å². The van der Waals surface area contributed by atoms with Crippen molar-refractivity contribution in [1.82, 2.24) is 9.80 Å². The molecule has 1 saturated heterocycles. The lowest BCUT2D eigenvalue weighted by atomic mass is 9.95. The number of amides is 3. The lowest BCUT2D eigenvalue weighted by Gasteiger charge is -2.32. The third-order valence-corrected chi connectivity index (χ3v) is 7.25. The minimum absolute atomic E-state index is 0.0668. The topological polar surface area (TPSA) is 94.6 Å². The Morgan fingerprint density at radius 3 is 2.35 bits per heavy atom. The molecule has 228 valence electrons. The zero-order chi connectivity index (χ0) is 31.1. The second-order valence-corrected chi connectivity index (χ2v) is 11.7. The monoisotopic (exact) mass is 608 g/mol. The molecule has 0 N–H and O–H groups in total. The number of nitrogens with zero attached hydrogens (tertiary/aromatic N) is 2. The van der Waals surface area contributed by atoms with E-state index in [1.54, 1.807) is 70.3 Å². The normalized spacial score (nSPS) is 15.4. The van der Waals surface area contributed by atoms with Crippen LogP contribution in [0.15, 0.2) is 72.8 Å². The van der Waals surface area contributed by atoms with Gasteiger partial charge in [-0.25, -0.2) is 14.5 Å². The molecule has 2 atom stereocenters. The Morgan fingerprint density at radius 1 is 1.02 bits per heavy atom. The molecule has 0 radical (unpaired) electrons. The van der Waals surface area contributed by atoms with Gasteiger partial charge in [0, 0.05) is 23.2 Å². The number of halogens is 1. The molecule has 3 aromatic rings. The Labute approximate surface area is 257 Å². The van der Waals surface area contributed by atoms with Gasteiger partial charge >= 0.3 is 12.2 Å². The van der Waals surface area contributed by atoms with Crippen molar-refractivity contribution in [2.75, 3.05) is 27.4 Å². The Bertz CT molecular complexity index is 1420. The van der Waals surface area contributed by atoms with Gasteiger partial charge in [-0.3, -0.25) is 4.79 Å². The van der Waals surface area contributed by atoms with Gasteiger partial charge < -0.3 is 23.8 Å². The van der Waals surface area contributed by atoms with E-state index in [1.807, 2.05) is 30.3 Å². The number of methoxy groups -OCH3 is 2. The van der Waals surface area contributed by atoms with Gasteiger partial charge in [0.15, 0.2) is 0 Å². The standard InChI is InChI=1S/C33H37ClN2O7/c1-33(2,3)43-31(38)35(19-24-13-16-27(40-4)18-29(24)41-5)20-28(23-11-14-25(34)15-12-23)30(37)36-26(21-42-32(36)39)17-22-9-7-6-8-10-22/h6-16,18,26,28H,17,19-21H2,1-5H3/t26-,28-/m1/s1. The Morgan fingerprint density at radius 2 is 1.72 bits per heavy atom. The predicted molar refractivity (Wildman–Crippen MR) is 163 cm³/mol. The van der Waals surface area contributed by atoms with Crippen LogP contribution in [0.2, 0.25) is 5.02 Å². The Hall–Kier alpha value is -4.24. The van der Waals surface area contributed by atoms with Crippen LogP contribution in [0.5, 0.6) is 11.5 Å². The van der Waals surface area contributed by atoms with E-state index in [0.29, 0.717) is 34.1 Å². The highest BCUT2D eigenvalue weighted by atomic mass is 35.5. The van der Waals surface area contributed by atoms with Crippen LogP contribution >= 0.6 is 11.6 Å². The van der Waals surface area contributed by atoms with Gasteiger partial charge in [0.25, 0.3) is 0 Å². The minimum atomic E-state index is -0.932. The van der Waals surface area contributed by atoms with Crippen LogP contribution < -0.4 is 9.47 Å². The van der Waals surface area contributed by atoms with Gasteiger partial charge in [-0.15, -0.1) is 0 Å². The summed E-state index contributed by atoms with van der Waals surface area (Å²) in [4.78, 5) is 43.5. The quantitative estimate of drug-likeness (QED) is 0.260. The van der Waals surface area contributed by atoms with E-state index in [9.17, 15) is 14.4 Å². The fraction of sp³-hybridized carbons (Fsp3) is 0.364. The van der Waals surface area contributed by atoms with Crippen molar-refractivity contribution in [3.63, 3.8) is 0 Å². The molecule has 0 unspecified atom stereocenters. The molecule has 1 fully saturated rings. The van der Waals surface area contributed by atoms with Crippen LogP contribution in [0.1, 0.15) is 43.4 Å². The van der Waals surface area contributed by atoms with Crippen molar-refractivity contribution >= 4 is 29.7 Å². The molecule has 1 aliphatic heterocycles. The first-order valence-electron chi connectivity index (χ1n) is 14.0. The van der Waals surface area contributed by atoms with Crippen molar-refractivity contribution in [1.29, 1.82) is 0 Å². The lowest BCUT2D eigenvalue weighted by molar-refractivity contribution is -0.131. The summed E-state index contributed by atoms with van der Waals surface area (Å²) in [5.41, 5.74) is 1.44. The Balaban J connectivity index is 1.71. The molecular formula is C33H37ClN2O7. The molecule has 0 aromatic heterocycles. The molecule has 1 heterocycles. The van der Waals surface area contributed by atoms with Gasteiger partial charge in [-0.1, -0.05) is 54.1 Å². The summed E-state index contributed by atoms with van der Waals surface area (Å²) in [6.07, 6.45) is -0.905. The lowest BCUT2D eigenvalue weighted by Crippen LogP contribution is -2.47. The highest BCUT2D eigenvalue weighted by Crippen LogP contribution is 2.30. The van der Waals surface area contributed by atoms with Gasteiger partial charge in [0.2, 0.25) is 5.91 Å². The summed E-state index contributed by atoms with van der Waals surface area (Å²) < 4.78 is 22.0. The molecule has 43 heavy (non-hydrogen) atoms. The average molecular weight is 609 g/mol. The van der Waals surface area contributed by atoms with E-state index in [1.165, 1.54) is 16.9 Å². The van der Waals surface area contributed by atoms with E-state index >= 15 is 0 Å². The molecule has 0 bridgehead atoms. The first-order valence-corrected chi connectivity index (χ1v) is 14.3. The minimum Gasteiger partial charge on any atom is -0.497 e. The van der Waals surface area contributed by atoms with Crippen molar-refractivity contribution < 1.29 is 33.3 Å². The molecule has 0 saturated carbocycles. The molecule has 0 aliphatic carbocycles. The molecule has 1 aliphatic rings. The van der Waals surface area contributed by atoms with Crippen LogP contribution in [0.25, 0.3) is 0 Å². The van der Waals surface area contributed by atoms with Gasteiger partial charge in [-0.2, -0.15) is 0 Å². The van der Waals surface area contributed by atoms with Gasteiger partial charge in [0.05, 0.1) is 32.7 Å². The third kappa shape index (κ3) is 8.20. The van der Waals surface area contributed by atoms with E-state index < -0.39 is 35.7 Å². The van der Waals surface area contributed by atoms with Crippen LogP contribution in [0, 0.1) is 0 Å². The maximum Gasteiger partial charge on any atom is 0.417 e. The average Bonchev–Trinajstić information content (AvgIpc) is 3.34. The second kappa shape index (κ2) is 13.8. The van der Waals surface area contributed by atoms with E-state index in [-0.39, 0.29) is 19.7 Å². The SMILES string of the molecule is COc1ccc(CN(C[C@@H](C(=O)N2C(=O)OC[C@H]2Cc2ccccc2)c2ccc(Cl)cc2)C(=O)OC(C)(C)C)c(OC)c1. The summed E-state index contributed by atoms with van der Waals surface area (Å²) in [7, 11) is 3.08. The van der Waals surface area contributed by atoms with Crippen molar-refractivity contribution in [3.8, 4) is 11.5 Å². The first kappa shape index (κ1) is 31.7. The number of carbonyl (C=O) groups excluding carboxylic acids is 3. The summed E-state index contributed by atoms with van der Waals surface area (Å²) in [6.45, 7) is 5.36. The summed E-state index contributed by atoms with van der Waals surface area (Å²) in [5, 5.41) is 0.490. The van der Waals surface area contributed by atoms with Crippen molar-refractivity contribution in [2.24, 2.45) is 0 Å². The summed E-state index contributed by atoms with van der Waals surface area (Å²) in [6, 6.07) is 21.2. The maximum absolute atomic E-state index is 14.3. The first-order chi connectivity index (χ1) is 20.5. The van der Waals surface area contributed by atoms with E-state index in [2.05, 4.69) is 0 Å². The zero-order valence-electron chi connectivity index (χ0n) is 25.0. The number of benzene rings is 3. The fourth-order valence-corrected chi connectivity index (χ4v) is 5.02. The van der Waals surface area contributed by atoms with Gasteiger partial charge in [0.1, 0.15) is 23.7 Å². The molecule has 9 nitrogen and oxygen atoms in total. The fourth-order valence-electron chi connectivity index (χ4n) is 4.89. The second-order valence-electron chi connectivity index (χ2n) is 11.3. The van der Waals surface area contributed by atoms with Gasteiger partial charge in [-0.05, 0) is 62.6 Å². The van der Waals surface area contributed by atoms with Crippen LogP contribution in [-0.4, -0.2) is 66.9 Å². The predicted octanol–water partition coefficient (Wildman–Crippen LogP) is 6.47. The highest BCUT2D eigenvalue weighted by molar-refractivity contribution is 6.30. The smallest absolute Gasteiger partial charge is 0.417 e. The largest absolute Gasteiger partial charge is 0.497 e. The molecule has 4 rings (SSSR count). The molecule has 0 spiro atoms. The maximum atomic E-state index is 14.3. The summed E-state index contributed by atoms with van der Waals surface area (Å²) >= 11 is 6.18. The number of imide groups is 1. The van der Waals surface area contributed by atoms with Crippen LogP contribution in [0.3, 0.4) is 0 Å². The number of hydrogen-bond acceptors (Lipinski definition) is 7. The number of cyclic esters (lactones) is 1. The van der Waals surface area contributed by atoms with E-state index in [4.69, 9.17) is 30.5 Å². The van der Waals surface area contributed by atoms with Crippen LogP contribution in [0.4, 0.5) is 9.59 Å². The number of rotatable bonds is 10.